The van der Waals surface area contributed by atoms with Crippen LogP contribution in [0.1, 0.15) is 78.9 Å². The van der Waals surface area contributed by atoms with E-state index in [1.54, 1.807) is 6.07 Å². The number of carboxylic acids is 1. The molecular formula is C24H29NO4. The molecule has 5 nitrogen and oxygen atoms in total. The molecule has 1 fully saturated rings. The molecule has 0 unspecified atom stereocenters. The van der Waals surface area contributed by atoms with E-state index in [4.69, 9.17) is 4.74 Å². The summed E-state index contributed by atoms with van der Waals surface area (Å²) in [6.45, 7) is 4.88. The molecule has 4 rings (SSSR count). The first-order valence-corrected chi connectivity index (χ1v) is 10.7. The van der Waals surface area contributed by atoms with E-state index in [0.29, 0.717) is 6.61 Å². The van der Waals surface area contributed by atoms with Gasteiger partial charge in [0.15, 0.2) is 0 Å². The van der Waals surface area contributed by atoms with Crippen molar-refractivity contribution in [2.45, 2.75) is 70.6 Å². The van der Waals surface area contributed by atoms with Crippen molar-refractivity contribution in [3.63, 3.8) is 0 Å². The molecule has 0 radical (unpaired) electrons. The van der Waals surface area contributed by atoms with Crippen LogP contribution in [0.2, 0.25) is 0 Å². The molecule has 5 heteroatoms. The summed E-state index contributed by atoms with van der Waals surface area (Å²) in [6.07, 6.45) is 8.48. The predicted molar refractivity (Wildman–Crippen MR) is 113 cm³/mol. The van der Waals surface area contributed by atoms with E-state index in [2.05, 4.69) is 24.0 Å². The van der Waals surface area contributed by atoms with Crippen LogP contribution in [0.4, 0.5) is 0 Å². The Hall–Kier alpha value is -2.56. The Kier molecular flexibility index (Phi) is 5.24. The summed E-state index contributed by atoms with van der Waals surface area (Å²) < 4.78 is 6.03. The summed E-state index contributed by atoms with van der Waals surface area (Å²) in [7, 11) is 0. The molecule has 154 valence electrons. The van der Waals surface area contributed by atoms with Gasteiger partial charge in [0.25, 0.3) is 5.56 Å². The first-order valence-electron chi connectivity index (χ1n) is 10.7. The molecule has 2 N–H and O–H groups in total. The monoisotopic (exact) mass is 395 g/mol. The molecule has 0 saturated heterocycles. The predicted octanol–water partition coefficient (Wildman–Crippen LogP) is 4.99. The SMILES string of the molecule is CCCCOc1cc2c(cc1C)-c1[nH]c(=O)c(C(=O)O)cc1C1(CCCCC1)C2. The Balaban J connectivity index is 1.88. The normalized spacial score (nSPS) is 16.9. The van der Waals surface area contributed by atoms with Crippen LogP contribution in [-0.4, -0.2) is 22.7 Å². The molecule has 0 atom stereocenters. The number of aryl methyl sites for hydroxylation is 1. The van der Waals surface area contributed by atoms with E-state index in [0.717, 1.165) is 73.1 Å². The van der Waals surface area contributed by atoms with Crippen LogP contribution >= 0.6 is 0 Å². The molecule has 0 amide bonds. The van der Waals surface area contributed by atoms with Gasteiger partial charge in [-0.1, -0.05) is 32.6 Å². The third-order valence-electron chi connectivity index (χ3n) is 6.61. The topological polar surface area (TPSA) is 79.4 Å². The molecule has 2 aromatic rings. The van der Waals surface area contributed by atoms with Gasteiger partial charge in [0.1, 0.15) is 11.3 Å². The maximum absolute atomic E-state index is 12.5. The first-order chi connectivity index (χ1) is 13.9. The fourth-order valence-corrected chi connectivity index (χ4v) is 5.05. The van der Waals surface area contributed by atoms with Gasteiger partial charge < -0.3 is 14.8 Å². The fraction of sp³-hybridized carbons (Fsp3) is 0.500. The summed E-state index contributed by atoms with van der Waals surface area (Å²) in [5.74, 6) is -0.252. The van der Waals surface area contributed by atoms with Crippen LogP contribution in [-0.2, 0) is 11.8 Å². The molecule has 1 saturated carbocycles. The summed E-state index contributed by atoms with van der Waals surface area (Å²) in [5.41, 5.74) is 4.23. The number of carbonyl (C=O) groups is 1. The number of carboxylic acid groups (broad SMARTS) is 1. The minimum atomic E-state index is -1.17. The zero-order chi connectivity index (χ0) is 20.6. The van der Waals surface area contributed by atoms with E-state index in [1.165, 1.54) is 12.0 Å². The smallest absolute Gasteiger partial charge is 0.341 e. The lowest BCUT2D eigenvalue weighted by atomic mass is 9.62. The molecule has 1 heterocycles. The Labute approximate surface area is 171 Å². The van der Waals surface area contributed by atoms with Crippen molar-refractivity contribution >= 4 is 5.97 Å². The number of pyridine rings is 1. The quantitative estimate of drug-likeness (QED) is 0.700. The number of hydrogen-bond acceptors (Lipinski definition) is 3. The largest absolute Gasteiger partial charge is 0.493 e. The highest BCUT2D eigenvalue weighted by atomic mass is 16.5. The Morgan fingerprint density at radius 1 is 1.21 bits per heavy atom. The highest BCUT2D eigenvalue weighted by Crippen LogP contribution is 2.50. The number of aromatic amines is 1. The average molecular weight is 395 g/mol. The van der Waals surface area contributed by atoms with Crippen LogP contribution in [0.5, 0.6) is 5.75 Å². The van der Waals surface area contributed by atoms with E-state index in [9.17, 15) is 14.7 Å². The van der Waals surface area contributed by atoms with E-state index in [1.807, 2.05) is 6.92 Å². The molecule has 2 aliphatic rings. The zero-order valence-electron chi connectivity index (χ0n) is 17.3. The summed E-state index contributed by atoms with van der Waals surface area (Å²) >= 11 is 0. The Morgan fingerprint density at radius 2 is 1.97 bits per heavy atom. The number of ether oxygens (including phenoxy) is 1. The molecule has 1 aromatic heterocycles. The number of aromatic carboxylic acids is 1. The minimum absolute atomic E-state index is 0.106. The second kappa shape index (κ2) is 7.69. The number of aromatic nitrogens is 1. The molecule has 0 aliphatic heterocycles. The summed E-state index contributed by atoms with van der Waals surface area (Å²) in [6, 6.07) is 5.87. The van der Waals surface area contributed by atoms with Crippen molar-refractivity contribution < 1.29 is 14.6 Å². The maximum atomic E-state index is 12.5. The van der Waals surface area contributed by atoms with Gasteiger partial charge in [0.2, 0.25) is 0 Å². The Morgan fingerprint density at radius 3 is 2.66 bits per heavy atom. The number of benzene rings is 1. The summed E-state index contributed by atoms with van der Waals surface area (Å²) in [5, 5.41) is 9.50. The Bertz CT molecular complexity index is 999. The van der Waals surface area contributed by atoms with Crippen molar-refractivity contribution in [3.8, 4) is 17.0 Å². The van der Waals surface area contributed by atoms with Crippen molar-refractivity contribution in [2.24, 2.45) is 0 Å². The van der Waals surface area contributed by atoms with Gasteiger partial charge in [-0.15, -0.1) is 0 Å². The highest BCUT2D eigenvalue weighted by Gasteiger charge is 2.41. The van der Waals surface area contributed by atoms with E-state index < -0.39 is 11.5 Å². The number of hydrogen-bond donors (Lipinski definition) is 2. The van der Waals surface area contributed by atoms with Gasteiger partial charge in [0.05, 0.1) is 12.3 Å². The van der Waals surface area contributed by atoms with Crippen LogP contribution in [0.25, 0.3) is 11.3 Å². The van der Waals surface area contributed by atoms with Crippen LogP contribution < -0.4 is 10.3 Å². The average Bonchev–Trinajstić information content (AvgIpc) is 2.69. The van der Waals surface area contributed by atoms with E-state index >= 15 is 0 Å². The van der Waals surface area contributed by atoms with Gasteiger partial charge in [-0.2, -0.15) is 0 Å². The first kappa shape index (κ1) is 19.7. The zero-order valence-corrected chi connectivity index (χ0v) is 17.3. The van der Waals surface area contributed by atoms with Gasteiger partial charge in [-0.3, -0.25) is 4.79 Å². The third kappa shape index (κ3) is 3.47. The number of H-pyrrole nitrogens is 1. The number of unbranched alkanes of at least 4 members (excludes halogenated alkanes) is 1. The minimum Gasteiger partial charge on any atom is -0.493 e. The van der Waals surface area contributed by atoms with Crippen LogP contribution in [0.3, 0.4) is 0 Å². The highest BCUT2D eigenvalue weighted by molar-refractivity contribution is 5.88. The van der Waals surface area contributed by atoms with Gasteiger partial charge >= 0.3 is 5.97 Å². The molecule has 0 bridgehead atoms. The van der Waals surface area contributed by atoms with Crippen molar-refractivity contribution in [1.82, 2.24) is 4.98 Å². The lowest BCUT2D eigenvalue weighted by Crippen LogP contribution is -2.37. The number of fused-ring (bicyclic) bond motifs is 4. The van der Waals surface area contributed by atoms with Gasteiger partial charge in [-0.05, 0) is 67.5 Å². The lowest BCUT2D eigenvalue weighted by molar-refractivity contribution is 0.0694. The van der Waals surface area contributed by atoms with Gasteiger partial charge in [0, 0.05) is 11.0 Å². The second-order valence-corrected chi connectivity index (χ2v) is 8.60. The standard InChI is InChI=1S/C24H29NO4/c1-3-4-10-29-20-12-16-14-24(8-6-5-7-9-24)19-13-18(23(27)28)22(26)25-21(19)17(16)11-15(20)2/h11-13H,3-10,14H2,1-2H3,(H,25,26)(H,27,28). The van der Waals surface area contributed by atoms with Crippen LogP contribution in [0, 0.1) is 6.92 Å². The molecule has 2 aliphatic carbocycles. The van der Waals surface area contributed by atoms with Crippen molar-refractivity contribution in [3.05, 3.63) is 50.8 Å². The lowest BCUT2D eigenvalue weighted by Gasteiger charge is -2.43. The molecular weight excluding hydrogens is 366 g/mol. The molecule has 29 heavy (non-hydrogen) atoms. The van der Waals surface area contributed by atoms with Crippen LogP contribution in [0.15, 0.2) is 23.0 Å². The fourth-order valence-electron chi connectivity index (χ4n) is 5.05. The second-order valence-electron chi connectivity index (χ2n) is 8.60. The van der Waals surface area contributed by atoms with E-state index in [-0.39, 0.29) is 11.0 Å². The maximum Gasteiger partial charge on any atom is 0.341 e. The molecule has 1 spiro atoms. The number of nitrogens with one attached hydrogen (secondary N) is 1. The summed E-state index contributed by atoms with van der Waals surface area (Å²) in [4.78, 5) is 27.0. The molecule has 1 aromatic carbocycles. The third-order valence-corrected chi connectivity index (χ3v) is 6.61. The van der Waals surface area contributed by atoms with Crippen molar-refractivity contribution in [1.29, 1.82) is 0 Å². The number of rotatable bonds is 5. The van der Waals surface area contributed by atoms with Crippen molar-refractivity contribution in [2.75, 3.05) is 6.61 Å². The van der Waals surface area contributed by atoms with Gasteiger partial charge in [-0.25, -0.2) is 4.79 Å².